The van der Waals surface area contributed by atoms with Gasteiger partial charge in [0.05, 0.1) is 0 Å². The smallest absolute Gasteiger partial charge is 0.0295 e. The van der Waals surface area contributed by atoms with Gasteiger partial charge in [-0.1, -0.05) is 66.2 Å². The monoisotopic (exact) mass is 238 g/mol. The lowest BCUT2D eigenvalue weighted by Gasteiger charge is -2.39. The zero-order valence-corrected chi connectivity index (χ0v) is 12.7. The van der Waals surface area contributed by atoms with E-state index in [-0.39, 0.29) is 0 Å². The highest BCUT2D eigenvalue weighted by Crippen LogP contribution is 2.45. The molecule has 1 rings (SSSR count). The van der Waals surface area contributed by atoms with E-state index >= 15 is 0 Å². The van der Waals surface area contributed by atoms with Crippen molar-refractivity contribution in [2.45, 2.75) is 91.9 Å². The molecule has 1 fully saturated rings. The molecule has 0 spiro atoms. The van der Waals surface area contributed by atoms with E-state index in [0.717, 1.165) is 11.8 Å². The van der Waals surface area contributed by atoms with Gasteiger partial charge >= 0.3 is 0 Å². The molecular weight excluding hydrogens is 204 g/mol. The van der Waals surface area contributed by atoms with Crippen LogP contribution in [0.5, 0.6) is 0 Å². The fourth-order valence-electron chi connectivity index (χ4n) is 3.96. The van der Waals surface area contributed by atoms with E-state index in [1.807, 2.05) is 0 Å². The van der Waals surface area contributed by atoms with Crippen LogP contribution < -0.4 is 0 Å². The van der Waals surface area contributed by atoms with Gasteiger partial charge in [0.15, 0.2) is 0 Å². The number of rotatable bonds is 6. The minimum atomic E-state index is 0.633. The van der Waals surface area contributed by atoms with Crippen LogP contribution in [0.4, 0.5) is 0 Å². The lowest BCUT2D eigenvalue weighted by atomic mass is 9.66. The molecule has 0 nitrogen and oxygen atoms in total. The Morgan fingerprint density at radius 1 is 1.06 bits per heavy atom. The summed E-state index contributed by atoms with van der Waals surface area (Å²) in [5, 5.41) is 0. The third-order valence-corrected chi connectivity index (χ3v) is 5.17. The second-order valence-electron chi connectivity index (χ2n) is 6.81. The van der Waals surface area contributed by atoms with Gasteiger partial charge in [-0.3, -0.25) is 0 Å². The Hall–Kier alpha value is 0. The van der Waals surface area contributed by atoms with Gasteiger partial charge in [-0.15, -0.1) is 0 Å². The lowest BCUT2D eigenvalue weighted by Crippen LogP contribution is -2.29. The second kappa shape index (κ2) is 7.44. The zero-order valence-electron chi connectivity index (χ0n) is 12.7. The predicted molar refractivity (Wildman–Crippen MR) is 78.3 cm³/mol. The molecule has 0 aromatic rings. The topological polar surface area (TPSA) is 0 Å². The van der Waals surface area contributed by atoms with Crippen LogP contribution in [0.2, 0.25) is 0 Å². The van der Waals surface area contributed by atoms with Crippen LogP contribution in [0.3, 0.4) is 0 Å². The van der Waals surface area contributed by atoms with Crippen LogP contribution in [-0.2, 0) is 0 Å². The van der Waals surface area contributed by atoms with E-state index < -0.39 is 0 Å². The van der Waals surface area contributed by atoms with E-state index in [1.54, 1.807) is 0 Å². The van der Waals surface area contributed by atoms with Crippen LogP contribution in [0.1, 0.15) is 91.9 Å². The second-order valence-corrected chi connectivity index (χ2v) is 6.81. The quantitative estimate of drug-likeness (QED) is 0.483. The standard InChI is InChI=1S/C17H34/c1-5-13-17(4,14-15(3)6-2)16-11-9-7-8-10-12-16/h15-16H,5-14H2,1-4H3. The molecule has 0 heteroatoms. The van der Waals surface area contributed by atoms with Crippen molar-refractivity contribution in [3.05, 3.63) is 0 Å². The summed E-state index contributed by atoms with van der Waals surface area (Å²) < 4.78 is 0. The molecule has 0 heterocycles. The molecule has 102 valence electrons. The predicted octanol–water partition coefficient (Wildman–Crippen LogP) is 6.20. The molecule has 2 unspecified atom stereocenters. The summed E-state index contributed by atoms with van der Waals surface area (Å²) >= 11 is 0. The average Bonchev–Trinajstić information content (AvgIpc) is 2.58. The Morgan fingerprint density at radius 3 is 2.12 bits per heavy atom. The molecule has 1 aliphatic carbocycles. The maximum absolute atomic E-state index is 2.60. The van der Waals surface area contributed by atoms with E-state index in [0.29, 0.717) is 5.41 Å². The van der Waals surface area contributed by atoms with Gasteiger partial charge in [-0.05, 0) is 42.9 Å². The molecule has 2 atom stereocenters. The largest absolute Gasteiger partial charge is 0.0654 e. The van der Waals surface area contributed by atoms with Gasteiger partial charge in [0.1, 0.15) is 0 Å². The van der Waals surface area contributed by atoms with Gasteiger partial charge in [-0.2, -0.15) is 0 Å². The van der Waals surface area contributed by atoms with Gasteiger partial charge < -0.3 is 0 Å². The molecule has 0 N–H and O–H groups in total. The molecule has 0 amide bonds. The minimum absolute atomic E-state index is 0.633. The van der Waals surface area contributed by atoms with Crippen molar-refractivity contribution in [1.82, 2.24) is 0 Å². The van der Waals surface area contributed by atoms with Crippen molar-refractivity contribution in [3.8, 4) is 0 Å². The summed E-state index contributed by atoms with van der Waals surface area (Å²) in [6, 6.07) is 0. The average molecular weight is 238 g/mol. The fourth-order valence-corrected chi connectivity index (χ4v) is 3.96. The summed E-state index contributed by atoms with van der Waals surface area (Å²) in [5.74, 6) is 1.92. The highest BCUT2D eigenvalue weighted by Gasteiger charge is 2.34. The van der Waals surface area contributed by atoms with E-state index in [4.69, 9.17) is 0 Å². The molecular formula is C17H34. The first-order valence-corrected chi connectivity index (χ1v) is 8.12. The molecule has 1 aliphatic rings. The van der Waals surface area contributed by atoms with Crippen LogP contribution in [0.15, 0.2) is 0 Å². The summed E-state index contributed by atoms with van der Waals surface area (Å²) in [6.45, 7) is 9.76. The third-order valence-electron chi connectivity index (χ3n) is 5.17. The van der Waals surface area contributed by atoms with E-state index in [2.05, 4.69) is 27.7 Å². The molecule has 1 saturated carbocycles. The van der Waals surface area contributed by atoms with Gasteiger partial charge in [-0.25, -0.2) is 0 Å². The zero-order chi connectivity index (χ0) is 12.7. The highest BCUT2D eigenvalue weighted by molar-refractivity contribution is 4.85. The van der Waals surface area contributed by atoms with Crippen molar-refractivity contribution in [3.63, 3.8) is 0 Å². The Kier molecular flexibility index (Phi) is 6.59. The van der Waals surface area contributed by atoms with Crippen LogP contribution in [0, 0.1) is 17.3 Å². The van der Waals surface area contributed by atoms with Crippen molar-refractivity contribution < 1.29 is 0 Å². The molecule has 0 bridgehead atoms. The Morgan fingerprint density at radius 2 is 1.65 bits per heavy atom. The van der Waals surface area contributed by atoms with Crippen molar-refractivity contribution in [1.29, 1.82) is 0 Å². The molecule has 0 radical (unpaired) electrons. The fraction of sp³-hybridized carbons (Fsp3) is 1.00. The van der Waals surface area contributed by atoms with E-state index in [9.17, 15) is 0 Å². The number of hydrogen-bond donors (Lipinski definition) is 0. The minimum Gasteiger partial charge on any atom is -0.0654 e. The first-order chi connectivity index (χ1) is 8.12. The molecule has 0 aliphatic heterocycles. The first-order valence-electron chi connectivity index (χ1n) is 8.12. The van der Waals surface area contributed by atoms with Gasteiger partial charge in [0, 0.05) is 0 Å². The highest BCUT2D eigenvalue weighted by atomic mass is 14.4. The molecule has 17 heavy (non-hydrogen) atoms. The Labute approximate surface area is 110 Å². The van der Waals surface area contributed by atoms with Crippen LogP contribution in [-0.4, -0.2) is 0 Å². The van der Waals surface area contributed by atoms with Crippen LogP contribution in [0.25, 0.3) is 0 Å². The lowest BCUT2D eigenvalue weighted by molar-refractivity contribution is 0.111. The number of hydrogen-bond acceptors (Lipinski definition) is 0. The van der Waals surface area contributed by atoms with Crippen molar-refractivity contribution >= 4 is 0 Å². The van der Waals surface area contributed by atoms with Gasteiger partial charge in [0.25, 0.3) is 0 Å². The molecule has 0 aromatic heterocycles. The maximum Gasteiger partial charge on any atom is -0.0295 e. The Bertz CT molecular complexity index is 188. The summed E-state index contributed by atoms with van der Waals surface area (Å²) in [5.41, 5.74) is 0.633. The van der Waals surface area contributed by atoms with Crippen LogP contribution >= 0.6 is 0 Å². The SMILES string of the molecule is CCCC(C)(CC(C)CC)C1CCCCCC1. The molecule has 0 saturated heterocycles. The summed E-state index contributed by atoms with van der Waals surface area (Å²) in [4.78, 5) is 0. The Balaban J connectivity index is 2.65. The normalized spacial score (nSPS) is 24.0. The third kappa shape index (κ3) is 4.64. The first kappa shape index (κ1) is 15.1. The van der Waals surface area contributed by atoms with Gasteiger partial charge in [0.2, 0.25) is 0 Å². The maximum atomic E-state index is 2.60. The van der Waals surface area contributed by atoms with Crippen molar-refractivity contribution in [2.24, 2.45) is 17.3 Å². The van der Waals surface area contributed by atoms with E-state index in [1.165, 1.54) is 64.2 Å². The summed E-state index contributed by atoms with van der Waals surface area (Å²) in [6.07, 6.45) is 14.6. The van der Waals surface area contributed by atoms with Crippen molar-refractivity contribution in [2.75, 3.05) is 0 Å². The summed E-state index contributed by atoms with van der Waals surface area (Å²) in [7, 11) is 0. The molecule has 0 aromatic carbocycles.